The lowest BCUT2D eigenvalue weighted by atomic mass is 10.0. The van der Waals surface area contributed by atoms with Crippen molar-refractivity contribution in [3.8, 4) is 39.9 Å². The molecule has 0 aliphatic carbocycles. The van der Waals surface area contributed by atoms with E-state index in [1.807, 2.05) is 60.7 Å². The van der Waals surface area contributed by atoms with Crippen molar-refractivity contribution in [2.45, 2.75) is 0 Å². The van der Waals surface area contributed by atoms with Gasteiger partial charge in [0.25, 0.3) is 0 Å². The Morgan fingerprint density at radius 3 is 1.55 bits per heavy atom. The minimum Gasteiger partial charge on any atom is -0.314 e. The lowest BCUT2D eigenvalue weighted by Gasteiger charge is -2.12. The number of nitrogens with zero attached hydrogens (tertiary/aromatic N) is 5. The molecular formula is C39H25N5. The van der Waals surface area contributed by atoms with Crippen molar-refractivity contribution in [3.63, 3.8) is 0 Å². The molecule has 0 unspecified atom stereocenters. The lowest BCUT2D eigenvalue weighted by Crippen LogP contribution is -2.07. The van der Waals surface area contributed by atoms with Crippen LogP contribution in [-0.2, 0) is 0 Å². The molecule has 0 amide bonds. The smallest absolute Gasteiger partial charge is 0.238 e. The van der Waals surface area contributed by atoms with Crippen molar-refractivity contribution >= 4 is 38.2 Å². The van der Waals surface area contributed by atoms with E-state index in [9.17, 15) is 0 Å². The van der Waals surface area contributed by atoms with Crippen LogP contribution >= 0.6 is 0 Å². The molecule has 0 saturated carbocycles. The van der Waals surface area contributed by atoms with E-state index in [1.165, 1.54) is 16.5 Å². The molecule has 5 heteroatoms. The summed E-state index contributed by atoms with van der Waals surface area (Å²) in [5.41, 5.74) is 8.63. The Morgan fingerprint density at radius 1 is 0.386 bits per heavy atom. The van der Waals surface area contributed by atoms with Crippen molar-refractivity contribution in [1.29, 1.82) is 0 Å². The minimum absolute atomic E-state index is 0.585. The predicted molar refractivity (Wildman–Crippen MR) is 179 cm³/mol. The number of para-hydroxylation sites is 2. The molecule has 5 aromatic carbocycles. The second kappa shape index (κ2) is 9.75. The third-order valence-electron chi connectivity index (χ3n) is 8.39. The van der Waals surface area contributed by atoms with Gasteiger partial charge in [-0.05, 0) is 23.8 Å². The molecule has 0 spiro atoms. The number of hydrogen-bond donors (Lipinski definition) is 0. The van der Waals surface area contributed by atoms with E-state index in [-0.39, 0.29) is 0 Å². The first-order chi connectivity index (χ1) is 21.8. The van der Waals surface area contributed by atoms with Crippen LogP contribution in [-0.4, -0.2) is 23.9 Å². The molecule has 4 heterocycles. The van der Waals surface area contributed by atoms with Crippen LogP contribution in [0.4, 0.5) is 0 Å². The molecule has 4 aromatic heterocycles. The van der Waals surface area contributed by atoms with Gasteiger partial charge in [-0.1, -0.05) is 127 Å². The number of benzene rings is 5. The number of aromatic nitrogens is 5. The van der Waals surface area contributed by atoms with E-state index in [2.05, 4.69) is 100 Å². The molecule has 0 atom stereocenters. The minimum atomic E-state index is 0.585. The van der Waals surface area contributed by atoms with Crippen molar-refractivity contribution in [3.05, 3.63) is 152 Å². The van der Waals surface area contributed by atoms with Crippen LogP contribution in [0.15, 0.2) is 152 Å². The zero-order valence-electron chi connectivity index (χ0n) is 23.7. The molecule has 0 aliphatic rings. The fraction of sp³-hybridized carbons (Fsp3) is 0. The largest absolute Gasteiger partial charge is 0.314 e. The highest BCUT2D eigenvalue weighted by Crippen LogP contribution is 2.42. The third kappa shape index (κ3) is 3.69. The summed E-state index contributed by atoms with van der Waals surface area (Å²) < 4.78 is 4.54. The molecule has 44 heavy (non-hydrogen) atoms. The zero-order chi connectivity index (χ0) is 29.0. The van der Waals surface area contributed by atoms with E-state index in [1.54, 1.807) is 0 Å². The summed E-state index contributed by atoms with van der Waals surface area (Å²) in [5, 5.41) is 3.50. The maximum absolute atomic E-state index is 5.17. The average molecular weight is 564 g/mol. The van der Waals surface area contributed by atoms with Crippen molar-refractivity contribution in [2.75, 3.05) is 0 Å². The Bertz CT molecular complexity index is 2420. The molecule has 9 rings (SSSR count). The Labute approximate surface area is 253 Å². The number of hydrogen-bond acceptors (Lipinski definition) is 3. The molecule has 206 valence electrons. The van der Waals surface area contributed by atoms with Crippen LogP contribution in [0.5, 0.6) is 0 Å². The Morgan fingerprint density at radius 2 is 0.909 bits per heavy atom. The molecule has 0 radical (unpaired) electrons. The summed E-state index contributed by atoms with van der Waals surface area (Å²) in [6.07, 6.45) is 2.20. The van der Waals surface area contributed by atoms with Gasteiger partial charge in [0.2, 0.25) is 5.95 Å². The SMILES string of the molecule is c1ccc(-c2nc(-c3ccccc3)nc(-n3c4ccccc4c4ccn5c6ccccc6c(-c6ccccc6)c5c43)n2)cc1. The molecule has 0 aliphatic heterocycles. The quantitative estimate of drug-likeness (QED) is 0.214. The normalized spacial score (nSPS) is 11.6. The highest BCUT2D eigenvalue weighted by molar-refractivity contribution is 6.20. The first-order valence-corrected chi connectivity index (χ1v) is 14.7. The summed E-state index contributed by atoms with van der Waals surface area (Å²) in [4.78, 5) is 15.3. The summed E-state index contributed by atoms with van der Waals surface area (Å²) >= 11 is 0. The van der Waals surface area contributed by atoms with Gasteiger partial charge in [-0.25, -0.2) is 4.98 Å². The van der Waals surface area contributed by atoms with Gasteiger partial charge >= 0.3 is 0 Å². The van der Waals surface area contributed by atoms with Crippen LogP contribution in [0.2, 0.25) is 0 Å². The van der Waals surface area contributed by atoms with Crippen molar-refractivity contribution in [2.24, 2.45) is 0 Å². The maximum atomic E-state index is 5.17. The molecular weight excluding hydrogens is 538 g/mol. The Kier molecular flexibility index (Phi) is 5.43. The zero-order valence-corrected chi connectivity index (χ0v) is 23.7. The van der Waals surface area contributed by atoms with Crippen molar-refractivity contribution < 1.29 is 0 Å². The topological polar surface area (TPSA) is 48.0 Å². The van der Waals surface area contributed by atoms with E-state index in [0.717, 1.165) is 44.0 Å². The summed E-state index contributed by atoms with van der Waals surface area (Å²) in [7, 11) is 0. The second-order valence-electron chi connectivity index (χ2n) is 10.9. The molecule has 0 fully saturated rings. The number of rotatable bonds is 4. The van der Waals surface area contributed by atoms with Gasteiger partial charge in [0, 0.05) is 39.0 Å². The number of fused-ring (bicyclic) bond motifs is 7. The fourth-order valence-corrected chi connectivity index (χ4v) is 6.47. The van der Waals surface area contributed by atoms with Crippen molar-refractivity contribution in [1.82, 2.24) is 23.9 Å². The van der Waals surface area contributed by atoms with E-state index < -0.39 is 0 Å². The highest BCUT2D eigenvalue weighted by Gasteiger charge is 2.23. The molecule has 5 nitrogen and oxygen atoms in total. The molecule has 9 aromatic rings. The van der Waals surface area contributed by atoms with Gasteiger partial charge in [0.05, 0.1) is 22.1 Å². The first kappa shape index (κ1) is 24.5. The van der Waals surface area contributed by atoms with Crippen LogP contribution in [0, 0.1) is 0 Å². The molecule has 0 bridgehead atoms. The average Bonchev–Trinajstić information content (AvgIpc) is 3.62. The monoisotopic (exact) mass is 563 g/mol. The Balaban J connectivity index is 1.48. The van der Waals surface area contributed by atoms with Gasteiger partial charge in [0.1, 0.15) is 0 Å². The Hall–Kier alpha value is -6.07. The molecule has 0 N–H and O–H groups in total. The van der Waals surface area contributed by atoms with Gasteiger partial charge in [-0.2, -0.15) is 9.97 Å². The van der Waals surface area contributed by atoms with E-state index >= 15 is 0 Å². The van der Waals surface area contributed by atoms with E-state index in [4.69, 9.17) is 15.0 Å². The van der Waals surface area contributed by atoms with Crippen LogP contribution in [0.3, 0.4) is 0 Å². The second-order valence-corrected chi connectivity index (χ2v) is 10.9. The summed E-state index contributed by atoms with van der Waals surface area (Å²) in [6, 6.07) is 50.3. The number of pyridine rings is 1. The van der Waals surface area contributed by atoms with Gasteiger partial charge < -0.3 is 4.40 Å². The predicted octanol–water partition coefficient (Wildman–Crippen LogP) is 9.38. The summed E-state index contributed by atoms with van der Waals surface area (Å²) in [5.74, 6) is 1.86. The van der Waals surface area contributed by atoms with Crippen LogP contribution in [0.1, 0.15) is 0 Å². The summed E-state index contributed by atoms with van der Waals surface area (Å²) in [6.45, 7) is 0. The van der Waals surface area contributed by atoms with Gasteiger partial charge in [-0.3, -0.25) is 4.57 Å². The van der Waals surface area contributed by atoms with E-state index in [0.29, 0.717) is 17.6 Å². The maximum Gasteiger partial charge on any atom is 0.238 e. The highest BCUT2D eigenvalue weighted by atomic mass is 15.2. The van der Waals surface area contributed by atoms with Gasteiger partial charge in [-0.15, -0.1) is 0 Å². The fourth-order valence-electron chi connectivity index (χ4n) is 6.47. The standard InChI is InChI=1S/C39H25N5/c1-4-14-26(15-5-1)34-31-21-11-12-22-32(31)43-25-24-30-29-20-10-13-23-33(29)44(35(30)36(34)43)39-41-37(27-16-6-2-7-17-27)40-38(42-39)28-18-8-3-9-19-28/h1-25H. The van der Waals surface area contributed by atoms with Crippen LogP contribution < -0.4 is 0 Å². The molecule has 0 saturated heterocycles. The van der Waals surface area contributed by atoms with Gasteiger partial charge in [0.15, 0.2) is 11.6 Å². The first-order valence-electron chi connectivity index (χ1n) is 14.7. The van der Waals surface area contributed by atoms with Crippen LogP contribution in [0.25, 0.3) is 78.1 Å². The lowest BCUT2D eigenvalue weighted by molar-refractivity contribution is 0.953. The third-order valence-corrected chi connectivity index (χ3v) is 8.39.